The molecule has 2 aromatic rings. The summed E-state index contributed by atoms with van der Waals surface area (Å²) in [4.78, 5) is 18.9. The van der Waals surface area contributed by atoms with Gasteiger partial charge < -0.3 is 14.5 Å². The maximum Gasteiger partial charge on any atom is 0.226 e. The molecule has 130 valence electrons. The second-order valence-electron chi connectivity index (χ2n) is 5.95. The van der Waals surface area contributed by atoms with Crippen LogP contribution in [0.2, 0.25) is 0 Å². The molecule has 24 heavy (non-hydrogen) atoms. The number of aromatic nitrogens is 1. The van der Waals surface area contributed by atoms with Gasteiger partial charge in [-0.05, 0) is 26.0 Å². The highest BCUT2D eigenvalue weighted by Crippen LogP contribution is 2.23. The molecule has 3 rings (SSSR count). The molecule has 0 bridgehead atoms. The Kier molecular flexibility index (Phi) is 5.65. The van der Waals surface area contributed by atoms with Gasteiger partial charge in [-0.3, -0.25) is 9.69 Å². The first-order chi connectivity index (χ1) is 11.6. The number of nitrogens with one attached hydrogen (secondary N) is 1. The van der Waals surface area contributed by atoms with E-state index >= 15 is 0 Å². The third-order valence-electron chi connectivity index (χ3n) is 4.08. The van der Waals surface area contributed by atoms with Crippen molar-refractivity contribution in [3.05, 3.63) is 39.7 Å². The molecule has 1 aliphatic rings. The van der Waals surface area contributed by atoms with Crippen LogP contribution < -0.4 is 5.32 Å². The molecule has 0 saturated carbocycles. The van der Waals surface area contributed by atoms with Gasteiger partial charge in [-0.2, -0.15) is 0 Å². The van der Waals surface area contributed by atoms with Crippen LogP contribution in [0.5, 0.6) is 0 Å². The highest BCUT2D eigenvalue weighted by atomic mass is 32.1. The average Bonchev–Trinajstić information content (AvgIpc) is 3.17. The molecular weight excluding hydrogens is 326 g/mol. The number of ether oxygens (including phenoxy) is 1. The lowest BCUT2D eigenvalue weighted by atomic mass is 10.1. The Bertz CT molecular complexity index is 676. The van der Waals surface area contributed by atoms with Gasteiger partial charge in [-0.1, -0.05) is 0 Å². The van der Waals surface area contributed by atoms with E-state index in [4.69, 9.17) is 9.15 Å². The zero-order chi connectivity index (χ0) is 16.9. The van der Waals surface area contributed by atoms with E-state index in [9.17, 15) is 4.79 Å². The fourth-order valence-electron chi connectivity index (χ4n) is 2.86. The number of aryl methyl sites for hydroxylation is 2. The molecule has 0 aromatic carbocycles. The Morgan fingerprint density at radius 3 is 2.79 bits per heavy atom. The lowest BCUT2D eigenvalue weighted by molar-refractivity contribution is -0.120. The number of thiazole rings is 1. The van der Waals surface area contributed by atoms with Gasteiger partial charge in [0.1, 0.15) is 11.5 Å². The summed E-state index contributed by atoms with van der Waals surface area (Å²) < 4.78 is 11.2. The number of hydrogen-bond acceptors (Lipinski definition) is 6. The van der Waals surface area contributed by atoms with Crippen molar-refractivity contribution in [2.24, 2.45) is 0 Å². The first kappa shape index (κ1) is 17.1. The van der Waals surface area contributed by atoms with Crippen LogP contribution in [0.3, 0.4) is 0 Å². The lowest BCUT2D eigenvalue weighted by Gasteiger charge is -2.33. The number of hydrogen-bond donors (Lipinski definition) is 1. The number of rotatable bonds is 6. The summed E-state index contributed by atoms with van der Waals surface area (Å²) in [6, 6.07) is 3.98. The highest BCUT2D eigenvalue weighted by Gasteiger charge is 2.25. The Morgan fingerprint density at radius 2 is 2.17 bits per heavy atom. The van der Waals surface area contributed by atoms with Crippen molar-refractivity contribution in [1.82, 2.24) is 15.2 Å². The fraction of sp³-hybridized carbons (Fsp3) is 0.529. The van der Waals surface area contributed by atoms with Crippen LogP contribution in [-0.4, -0.2) is 48.6 Å². The number of carbonyl (C=O) groups excluding carboxylic acids is 1. The van der Waals surface area contributed by atoms with Crippen LogP contribution in [0.4, 0.5) is 0 Å². The number of furan rings is 1. The standard InChI is InChI=1S/C17H23N3O3S/c1-12-3-4-16(23-12)15(20-5-7-22-8-6-20)10-18-17(21)9-14-11-24-13(2)19-14/h3-4,11,15H,5-10H2,1-2H3,(H,18,21)/t15-/m0/s1. The summed E-state index contributed by atoms with van der Waals surface area (Å²) in [5, 5.41) is 5.95. The van der Waals surface area contributed by atoms with Crippen molar-refractivity contribution in [2.75, 3.05) is 32.8 Å². The van der Waals surface area contributed by atoms with E-state index in [1.807, 2.05) is 31.4 Å². The first-order valence-electron chi connectivity index (χ1n) is 8.17. The van der Waals surface area contributed by atoms with Gasteiger partial charge in [-0.25, -0.2) is 4.98 Å². The third kappa shape index (κ3) is 4.43. The minimum atomic E-state index is -0.0122. The van der Waals surface area contributed by atoms with Crippen LogP contribution in [0, 0.1) is 13.8 Å². The minimum absolute atomic E-state index is 0.0122. The van der Waals surface area contributed by atoms with E-state index in [-0.39, 0.29) is 11.9 Å². The topological polar surface area (TPSA) is 67.6 Å². The summed E-state index contributed by atoms with van der Waals surface area (Å²) in [5.74, 6) is 1.76. The van der Waals surface area contributed by atoms with Crippen LogP contribution >= 0.6 is 11.3 Å². The molecule has 1 atom stereocenters. The van der Waals surface area contributed by atoms with Gasteiger partial charge in [0.25, 0.3) is 0 Å². The van der Waals surface area contributed by atoms with E-state index in [2.05, 4.69) is 15.2 Å². The van der Waals surface area contributed by atoms with Crippen molar-refractivity contribution >= 4 is 17.2 Å². The quantitative estimate of drug-likeness (QED) is 0.865. The minimum Gasteiger partial charge on any atom is -0.465 e. The van der Waals surface area contributed by atoms with Gasteiger partial charge in [0.2, 0.25) is 5.91 Å². The first-order valence-corrected chi connectivity index (χ1v) is 9.05. The van der Waals surface area contributed by atoms with E-state index < -0.39 is 0 Å². The molecule has 1 fully saturated rings. The molecule has 1 amide bonds. The molecular formula is C17H23N3O3S. The molecule has 0 radical (unpaired) electrons. The van der Waals surface area contributed by atoms with E-state index in [0.717, 1.165) is 35.3 Å². The summed E-state index contributed by atoms with van der Waals surface area (Å²) in [6.07, 6.45) is 0.317. The van der Waals surface area contributed by atoms with Crippen molar-refractivity contribution in [1.29, 1.82) is 0 Å². The van der Waals surface area contributed by atoms with E-state index in [1.54, 1.807) is 11.3 Å². The fourth-order valence-corrected chi connectivity index (χ4v) is 3.47. The van der Waals surface area contributed by atoms with Crippen LogP contribution in [0.15, 0.2) is 21.9 Å². The van der Waals surface area contributed by atoms with Crippen molar-refractivity contribution in [2.45, 2.75) is 26.3 Å². The maximum atomic E-state index is 12.2. The summed E-state index contributed by atoms with van der Waals surface area (Å²) in [7, 11) is 0. The number of morpholine rings is 1. The van der Waals surface area contributed by atoms with Gasteiger partial charge in [-0.15, -0.1) is 11.3 Å². The van der Waals surface area contributed by atoms with Crippen molar-refractivity contribution in [3.8, 4) is 0 Å². The van der Waals surface area contributed by atoms with Gasteiger partial charge in [0.05, 0.1) is 36.4 Å². The molecule has 1 saturated heterocycles. The Labute approximate surface area is 145 Å². The SMILES string of the molecule is Cc1ccc([C@H](CNC(=O)Cc2csc(C)n2)N2CCOCC2)o1. The van der Waals surface area contributed by atoms with E-state index in [0.29, 0.717) is 26.2 Å². The Morgan fingerprint density at radius 1 is 1.38 bits per heavy atom. The lowest BCUT2D eigenvalue weighted by Crippen LogP contribution is -2.44. The van der Waals surface area contributed by atoms with Crippen LogP contribution in [-0.2, 0) is 16.0 Å². The second kappa shape index (κ2) is 7.92. The molecule has 2 aromatic heterocycles. The second-order valence-corrected chi connectivity index (χ2v) is 7.01. The highest BCUT2D eigenvalue weighted by molar-refractivity contribution is 7.09. The van der Waals surface area contributed by atoms with Crippen molar-refractivity contribution in [3.63, 3.8) is 0 Å². The molecule has 1 N–H and O–H groups in total. The van der Waals surface area contributed by atoms with E-state index in [1.165, 1.54) is 0 Å². The predicted octanol–water partition coefficient (Wildman–Crippen LogP) is 2.09. The third-order valence-corrected chi connectivity index (χ3v) is 4.90. The maximum absolute atomic E-state index is 12.2. The summed E-state index contributed by atoms with van der Waals surface area (Å²) in [5.41, 5.74) is 0.826. The number of nitrogens with zero attached hydrogens (tertiary/aromatic N) is 2. The number of carbonyl (C=O) groups is 1. The summed E-state index contributed by atoms with van der Waals surface area (Å²) >= 11 is 1.56. The smallest absolute Gasteiger partial charge is 0.226 e. The zero-order valence-electron chi connectivity index (χ0n) is 14.1. The van der Waals surface area contributed by atoms with Crippen molar-refractivity contribution < 1.29 is 13.9 Å². The van der Waals surface area contributed by atoms with Gasteiger partial charge >= 0.3 is 0 Å². The van der Waals surface area contributed by atoms with Crippen LogP contribution in [0.25, 0.3) is 0 Å². The molecule has 1 aliphatic heterocycles. The molecule has 6 nitrogen and oxygen atoms in total. The molecule has 0 unspecified atom stereocenters. The Balaban J connectivity index is 1.61. The molecule has 7 heteroatoms. The van der Waals surface area contributed by atoms with Crippen LogP contribution in [0.1, 0.15) is 28.3 Å². The monoisotopic (exact) mass is 349 g/mol. The average molecular weight is 349 g/mol. The largest absolute Gasteiger partial charge is 0.465 e. The number of amides is 1. The predicted molar refractivity (Wildman–Crippen MR) is 92.1 cm³/mol. The zero-order valence-corrected chi connectivity index (χ0v) is 14.9. The molecule has 0 aliphatic carbocycles. The normalized spacial score (nSPS) is 16.9. The Hall–Kier alpha value is -1.70. The van der Waals surface area contributed by atoms with Gasteiger partial charge in [0, 0.05) is 25.0 Å². The molecule has 0 spiro atoms. The molecule has 3 heterocycles. The summed E-state index contributed by atoms with van der Waals surface area (Å²) in [6.45, 7) is 7.50. The van der Waals surface area contributed by atoms with Gasteiger partial charge in [0.15, 0.2) is 0 Å².